The minimum Gasteiger partial charge on any atom is -0.329 e. The zero-order chi connectivity index (χ0) is 12.4. The van der Waals surface area contributed by atoms with Crippen molar-refractivity contribution in [3.63, 3.8) is 0 Å². The molecule has 0 radical (unpaired) electrons. The van der Waals surface area contributed by atoms with Gasteiger partial charge >= 0.3 is 0 Å². The van der Waals surface area contributed by atoms with Gasteiger partial charge in [0.25, 0.3) is 0 Å². The van der Waals surface area contributed by atoms with Gasteiger partial charge in [0.1, 0.15) is 0 Å². The zero-order valence-corrected chi connectivity index (χ0v) is 11.1. The maximum Gasteiger partial charge on any atom is 0.0482 e. The monoisotopic (exact) mass is 233 g/mol. The van der Waals surface area contributed by atoms with Crippen molar-refractivity contribution in [3.8, 4) is 0 Å². The summed E-state index contributed by atoms with van der Waals surface area (Å²) >= 11 is 0. The Kier molecular flexibility index (Phi) is 3.79. The van der Waals surface area contributed by atoms with Crippen molar-refractivity contribution < 1.29 is 0 Å². The number of hydrogen-bond donors (Lipinski definition) is 1. The average Bonchev–Trinajstić information content (AvgIpc) is 2.98. The van der Waals surface area contributed by atoms with E-state index in [1.54, 1.807) is 0 Å². The molecule has 17 heavy (non-hydrogen) atoms. The van der Waals surface area contributed by atoms with Gasteiger partial charge in [0.2, 0.25) is 0 Å². The van der Waals surface area contributed by atoms with Crippen molar-refractivity contribution in [1.82, 2.24) is 9.88 Å². The summed E-state index contributed by atoms with van der Waals surface area (Å²) in [5, 5.41) is 0. The number of rotatable bonds is 5. The Balaban J connectivity index is 2.01. The number of likely N-dealkylation sites (N-methyl/N-ethyl adjacent to an activating group) is 1. The molecule has 1 aromatic heterocycles. The first-order valence-corrected chi connectivity index (χ1v) is 6.44. The SMILES string of the molecule is Cc1ccc(C(CN)N(C)CC2CC2C)cn1. The van der Waals surface area contributed by atoms with E-state index in [9.17, 15) is 0 Å². The highest BCUT2D eigenvalue weighted by molar-refractivity contribution is 5.17. The Morgan fingerprint density at radius 3 is 2.71 bits per heavy atom. The number of aryl methyl sites for hydroxylation is 1. The van der Waals surface area contributed by atoms with E-state index in [4.69, 9.17) is 5.73 Å². The third-order valence-corrected chi connectivity index (χ3v) is 3.87. The smallest absolute Gasteiger partial charge is 0.0482 e. The maximum atomic E-state index is 5.91. The van der Waals surface area contributed by atoms with Crippen LogP contribution in [0.25, 0.3) is 0 Å². The van der Waals surface area contributed by atoms with Crippen LogP contribution in [0.5, 0.6) is 0 Å². The Labute approximate surface area is 104 Å². The van der Waals surface area contributed by atoms with E-state index in [2.05, 4.69) is 36.0 Å². The van der Waals surface area contributed by atoms with E-state index in [-0.39, 0.29) is 0 Å². The lowest BCUT2D eigenvalue weighted by atomic mass is 10.1. The fourth-order valence-electron chi connectivity index (χ4n) is 2.40. The van der Waals surface area contributed by atoms with Gasteiger partial charge in [-0.05, 0) is 43.9 Å². The molecule has 1 aliphatic rings. The zero-order valence-electron chi connectivity index (χ0n) is 11.1. The molecule has 2 rings (SSSR count). The van der Waals surface area contributed by atoms with Crippen molar-refractivity contribution in [2.45, 2.75) is 26.3 Å². The fourth-order valence-corrected chi connectivity index (χ4v) is 2.40. The van der Waals surface area contributed by atoms with E-state index in [0.29, 0.717) is 12.6 Å². The molecule has 0 bridgehead atoms. The molecule has 0 spiro atoms. The number of nitrogens with two attached hydrogens (primary N) is 1. The Morgan fingerprint density at radius 2 is 2.24 bits per heavy atom. The Bertz CT molecular complexity index is 360. The second-order valence-electron chi connectivity index (χ2n) is 5.40. The summed E-state index contributed by atoms with van der Waals surface area (Å²) in [6.45, 7) is 6.14. The van der Waals surface area contributed by atoms with Crippen LogP contribution in [0, 0.1) is 18.8 Å². The molecule has 1 aromatic rings. The molecule has 1 fully saturated rings. The highest BCUT2D eigenvalue weighted by atomic mass is 15.1. The minimum atomic E-state index is 0.302. The Hall–Kier alpha value is -0.930. The van der Waals surface area contributed by atoms with Crippen molar-refractivity contribution in [1.29, 1.82) is 0 Å². The molecule has 94 valence electrons. The van der Waals surface area contributed by atoms with Crippen LogP contribution < -0.4 is 5.73 Å². The lowest BCUT2D eigenvalue weighted by Gasteiger charge is -2.27. The summed E-state index contributed by atoms with van der Waals surface area (Å²) in [7, 11) is 2.17. The van der Waals surface area contributed by atoms with Crippen molar-refractivity contribution >= 4 is 0 Å². The van der Waals surface area contributed by atoms with Gasteiger partial charge in [-0.3, -0.25) is 9.88 Å². The van der Waals surface area contributed by atoms with Gasteiger partial charge in [-0.2, -0.15) is 0 Å². The average molecular weight is 233 g/mol. The van der Waals surface area contributed by atoms with Gasteiger partial charge in [0.05, 0.1) is 0 Å². The second kappa shape index (κ2) is 5.15. The molecule has 0 saturated heterocycles. The standard InChI is InChI=1S/C14H23N3/c1-10-6-13(10)9-17(3)14(7-15)12-5-4-11(2)16-8-12/h4-5,8,10,13-14H,6-7,9,15H2,1-3H3. The van der Waals surface area contributed by atoms with Gasteiger partial charge in [0.15, 0.2) is 0 Å². The van der Waals surface area contributed by atoms with E-state index < -0.39 is 0 Å². The van der Waals surface area contributed by atoms with E-state index in [0.717, 1.165) is 24.1 Å². The first-order chi connectivity index (χ1) is 8.11. The third-order valence-electron chi connectivity index (χ3n) is 3.87. The van der Waals surface area contributed by atoms with Gasteiger partial charge < -0.3 is 5.73 Å². The first-order valence-electron chi connectivity index (χ1n) is 6.44. The molecule has 3 nitrogen and oxygen atoms in total. The summed E-state index contributed by atoms with van der Waals surface area (Å²) in [4.78, 5) is 6.73. The predicted molar refractivity (Wildman–Crippen MR) is 70.7 cm³/mol. The summed E-state index contributed by atoms with van der Waals surface area (Å²) in [5.41, 5.74) is 8.19. The van der Waals surface area contributed by atoms with Crippen molar-refractivity contribution in [3.05, 3.63) is 29.6 Å². The predicted octanol–water partition coefficient (Wildman–Crippen LogP) is 1.98. The van der Waals surface area contributed by atoms with E-state index in [1.807, 2.05) is 13.1 Å². The van der Waals surface area contributed by atoms with Crippen molar-refractivity contribution in [2.24, 2.45) is 17.6 Å². The summed E-state index contributed by atoms with van der Waals surface area (Å²) < 4.78 is 0. The van der Waals surface area contributed by atoms with Gasteiger partial charge in [-0.1, -0.05) is 13.0 Å². The minimum absolute atomic E-state index is 0.302. The maximum absolute atomic E-state index is 5.91. The molecule has 0 aromatic carbocycles. The summed E-state index contributed by atoms with van der Waals surface area (Å²) in [6, 6.07) is 4.51. The molecule has 1 saturated carbocycles. The topological polar surface area (TPSA) is 42.1 Å². The molecule has 1 heterocycles. The molecule has 3 atom stereocenters. The van der Waals surface area contributed by atoms with Crippen LogP contribution >= 0.6 is 0 Å². The third kappa shape index (κ3) is 3.05. The van der Waals surface area contributed by atoms with Gasteiger partial charge in [-0.25, -0.2) is 0 Å². The normalized spacial score (nSPS) is 25.0. The molecule has 1 aliphatic carbocycles. The van der Waals surface area contributed by atoms with Crippen LogP contribution in [0.15, 0.2) is 18.3 Å². The molecular weight excluding hydrogens is 210 g/mol. The molecule has 3 unspecified atom stereocenters. The van der Waals surface area contributed by atoms with Crippen LogP contribution in [-0.4, -0.2) is 30.0 Å². The molecule has 0 aliphatic heterocycles. The van der Waals surface area contributed by atoms with Crippen LogP contribution in [0.3, 0.4) is 0 Å². The van der Waals surface area contributed by atoms with Crippen molar-refractivity contribution in [2.75, 3.05) is 20.1 Å². The van der Waals surface area contributed by atoms with E-state index in [1.165, 1.54) is 12.0 Å². The Morgan fingerprint density at radius 1 is 1.53 bits per heavy atom. The number of aromatic nitrogens is 1. The van der Waals surface area contributed by atoms with Crippen LogP contribution in [0.2, 0.25) is 0 Å². The quantitative estimate of drug-likeness (QED) is 0.845. The summed E-state index contributed by atoms with van der Waals surface area (Å²) in [6.07, 6.45) is 3.33. The molecule has 0 amide bonds. The van der Waals surface area contributed by atoms with Gasteiger partial charge in [0, 0.05) is 31.0 Å². The number of nitrogens with zero attached hydrogens (tertiary/aromatic N) is 2. The first kappa shape index (κ1) is 12.5. The molecule has 2 N–H and O–H groups in total. The second-order valence-corrected chi connectivity index (χ2v) is 5.40. The van der Waals surface area contributed by atoms with Crippen LogP contribution in [-0.2, 0) is 0 Å². The molecular formula is C14H23N3. The largest absolute Gasteiger partial charge is 0.329 e. The lowest BCUT2D eigenvalue weighted by Crippen LogP contribution is -2.32. The van der Waals surface area contributed by atoms with Crippen LogP contribution in [0.1, 0.15) is 30.6 Å². The molecule has 3 heteroatoms. The highest BCUT2D eigenvalue weighted by Gasteiger charge is 2.34. The number of hydrogen-bond acceptors (Lipinski definition) is 3. The van der Waals surface area contributed by atoms with Crippen LogP contribution in [0.4, 0.5) is 0 Å². The lowest BCUT2D eigenvalue weighted by molar-refractivity contribution is 0.236. The fraction of sp³-hybridized carbons (Fsp3) is 0.643. The highest BCUT2D eigenvalue weighted by Crippen LogP contribution is 2.39. The number of pyridine rings is 1. The van der Waals surface area contributed by atoms with Gasteiger partial charge in [-0.15, -0.1) is 0 Å². The summed E-state index contributed by atoms with van der Waals surface area (Å²) in [5.74, 6) is 1.76. The van der Waals surface area contributed by atoms with E-state index >= 15 is 0 Å².